The van der Waals surface area contributed by atoms with Crippen molar-refractivity contribution >= 4 is 12.1 Å². The summed E-state index contributed by atoms with van der Waals surface area (Å²) in [5.41, 5.74) is 14.2. The molecule has 188 valence electrons. The van der Waals surface area contributed by atoms with Crippen molar-refractivity contribution in [2.45, 2.75) is 47.2 Å². The summed E-state index contributed by atoms with van der Waals surface area (Å²) in [7, 11) is 0. The zero-order valence-electron chi connectivity index (χ0n) is 22.1. The van der Waals surface area contributed by atoms with Crippen LogP contribution in [-0.2, 0) is 19.5 Å². The van der Waals surface area contributed by atoms with Gasteiger partial charge in [0.05, 0.1) is 6.21 Å². The number of hydrazone groups is 1. The zero-order valence-corrected chi connectivity index (χ0v) is 22.1. The molecule has 1 aromatic heterocycles. The molecule has 0 aliphatic carbocycles. The van der Waals surface area contributed by atoms with E-state index in [-0.39, 0.29) is 5.91 Å². The third kappa shape index (κ3) is 5.42. The second kappa shape index (κ2) is 10.6. The monoisotopic (exact) mass is 490 g/mol. The van der Waals surface area contributed by atoms with Gasteiger partial charge in [0.2, 0.25) is 0 Å². The molecule has 4 aromatic rings. The molecular formula is C32H34N4O. The van der Waals surface area contributed by atoms with E-state index >= 15 is 0 Å². The molecule has 0 atom stereocenters. The van der Waals surface area contributed by atoms with Crippen LogP contribution in [0.15, 0.2) is 77.9 Å². The topological polar surface area (TPSA) is 49.6 Å². The second-order valence-corrected chi connectivity index (χ2v) is 10.1. The number of hydrogen-bond acceptors (Lipinski definition) is 3. The molecular weight excluding hydrogens is 456 g/mol. The zero-order chi connectivity index (χ0) is 25.9. The molecule has 0 spiro atoms. The lowest BCUT2D eigenvalue weighted by Gasteiger charge is -2.28. The van der Waals surface area contributed by atoms with Gasteiger partial charge in [-0.2, -0.15) is 5.10 Å². The van der Waals surface area contributed by atoms with Crippen LogP contribution in [0, 0.1) is 27.7 Å². The van der Waals surface area contributed by atoms with Crippen LogP contribution >= 0.6 is 0 Å². The number of nitrogens with zero attached hydrogens (tertiary/aromatic N) is 3. The normalized spacial score (nSPS) is 13.6. The molecule has 0 saturated carbocycles. The van der Waals surface area contributed by atoms with Crippen LogP contribution in [0.5, 0.6) is 0 Å². The number of carbonyl (C=O) groups is 1. The van der Waals surface area contributed by atoms with Crippen LogP contribution in [0.4, 0.5) is 0 Å². The van der Waals surface area contributed by atoms with Gasteiger partial charge in [-0.25, -0.2) is 5.43 Å². The second-order valence-electron chi connectivity index (χ2n) is 10.1. The maximum atomic E-state index is 12.7. The van der Waals surface area contributed by atoms with Crippen molar-refractivity contribution < 1.29 is 4.79 Å². The van der Waals surface area contributed by atoms with Crippen LogP contribution in [0.25, 0.3) is 5.69 Å². The third-order valence-corrected chi connectivity index (χ3v) is 7.27. The lowest BCUT2D eigenvalue weighted by molar-refractivity contribution is 0.0955. The average Bonchev–Trinajstić information content (AvgIpc) is 3.17. The molecule has 1 aliphatic heterocycles. The smallest absolute Gasteiger partial charge is 0.271 e. The Morgan fingerprint density at radius 3 is 2.46 bits per heavy atom. The summed E-state index contributed by atoms with van der Waals surface area (Å²) in [6.07, 6.45) is 2.81. The van der Waals surface area contributed by atoms with Gasteiger partial charge in [-0.05, 0) is 80.6 Å². The Morgan fingerprint density at radius 2 is 1.70 bits per heavy atom. The molecule has 2 heterocycles. The molecule has 0 saturated heterocycles. The van der Waals surface area contributed by atoms with Crippen molar-refractivity contribution in [3.05, 3.63) is 123 Å². The van der Waals surface area contributed by atoms with E-state index in [1.54, 1.807) is 6.21 Å². The molecule has 5 heteroatoms. The Labute approximate surface area is 219 Å². The first-order valence-corrected chi connectivity index (χ1v) is 12.9. The molecule has 37 heavy (non-hydrogen) atoms. The number of fused-ring (bicyclic) bond motifs is 1. The van der Waals surface area contributed by atoms with Crippen LogP contribution in [0.3, 0.4) is 0 Å². The lowest BCUT2D eigenvalue weighted by atomic mass is 9.99. The predicted octanol–water partition coefficient (Wildman–Crippen LogP) is 6.03. The van der Waals surface area contributed by atoms with Gasteiger partial charge in [0.15, 0.2) is 0 Å². The van der Waals surface area contributed by atoms with Gasteiger partial charge in [-0.3, -0.25) is 9.69 Å². The van der Waals surface area contributed by atoms with Crippen LogP contribution in [0.1, 0.15) is 55.1 Å². The van der Waals surface area contributed by atoms with E-state index < -0.39 is 0 Å². The standard InChI is InChI=1S/C32H34N4O/c1-22-9-14-31(23(2)17-22)36-24(3)18-30(25(36)4)19-33-34-32(37)28-12-10-26(11-13-28)20-35-16-15-27-7-5-6-8-29(27)21-35/h5-14,17-19H,15-16,20-21H2,1-4H3,(H,34,37). The minimum Gasteiger partial charge on any atom is -0.318 e. The Kier molecular flexibility index (Phi) is 7.06. The van der Waals surface area contributed by atoms with Crippen molar-refractivity contribution in [2.75, 3.05) is 6.54 Å². The first kappa shape index (κ1) is 24.7. The van der Waals surface area contributed by atoms with Crippen LogP contribution in [-0.4, -0.2) is 28.1 Å². The van der Waals surface area contributed by atoms with Gasteiger partial charge < -0.3 is 4.57 Å². The highest BCUT2D eigenvalue weighted by atomic mass is 16.2. The maximum Gasteiger partial charge on any atom is 0.271 e. The molecule has 5 rings (SSSR count). The van der Waals surface area contributed by atoms with Crippen LogP contribution < -0.4 is 5.43 Å². The highest BCUT2D eigenvalue weighted by Crippen LogP contribution is 2.23. The SMILES string of the molecule is Cc1ccc(-n2c(C)cc(C=NNC(=O)c3ccc(CN4CCc5ccccc5C4)cc3)c2C)c(C)c1. The van der Waals surface area contributed by atoms with E-state index in [1.165, 1.54) is 27.8 Å². The Hall–Kier alpha value is -3.96. The Balaban J connectivity index is 1.20. The van der Waals surface area contributed by atoms with E-state index in [4.69, 9.17) is 0 Å². The highest BCUT2D eigenvalue weighted by Gasteiger charge is 2.16. The molecule has 0 fully saturated rings. The molecule has 0 bridgehead atoms. The summed E-state index contributed by atoms with van der Waals surface area (Å²) in [5, 5.41) is 4.25. The van der Waals surface area contributed by atoms with Crippen molar-refractivity contribution in [1.82, 2.24) is 14.9 Å². The van der Waals surface area contributed by atoms with Gasteiger partial charge in [-0.15, -0.1) is 0 Å². The number of hydrogen-bond donors (Lipinski definition) is 1. The summed E-state index contributed by atoms with van der Waals surface area (Å²) in [6, 6.07) is 25.1. The molecule has 3 aromatic carbocycles. The van der Waals surface area contributed by atoms with Crippen molar-refractivity contribution in [3.8, 4) is 5.69 Å². The molecule has 0 unspecified atom stereocenters. The number of nitrogens with one attached hydrogen (secondary N) is 1. The summed E-state index contributed by atoms with van der Waals surface area (Å²) in [6.45, 7) is 11.3. The Morgan fingerprint density at radius 1 is 0.946 bits per heavy atom. The largest absolute Gasteiger partial charge is 0.318 e. The van der Waals surface area contributed by atoms with Crippen molar-refractivity contribution in [2.24, 2.45) is 5.10 Å². The number of benzene rings is 3. The Bertz CT molecular complexity index is 1460. The molecule has 5 nitrogen and oxygen atoms in total. The molecule has 1 N–H and O–H groups in total. The minimum atomic E-state index is -0.210. The van der Waals surface area contributed by atoms with Crippen molar-refractivity contribution in [1.29, 1.82) is 0 Å². The van der Waals surface area contributed by atoms with E-state index in [2.05, 4.69) is 96.2 Å². The fourth-order valence-corrected chi connectivity index (χ4v) is 5.28. The van der Waals surface area contributed by atoms with Gasteiger partial charge in [-0.1, -0.05) is 54.1 Å². The molecule has 1 amide bonds. The first-order chi connectivity index (χ1) is 17.9. The number of rotatable bonds is 6. The van der Waals surface area contributed by atoms with Crippen LogP contribution in [0.2, 0.25) is 0 Å². The number of aromatic nitrogens is 1. The van der Waals surface area contributed by atoms with Gasteiger partial charge in [0.1, 0.15) is 0 Å². The lowest BCUT2D eigenvalue weighted by Crippen LogP contribution is -2.30. The summed E-state index contributed by atoms with van der Waals surface area (Å²) in [4.78, 5) is 15.1. The first-order valence-electron chi connectivity index (χ1n) is 12.9. The van der Waals surface area contributed by atoms with Gasteiger partial charge >= 0.3 is 0 Å². The number of amides is 1. The quantitative estimate of drug-likeness (QED) is 0.265. The average molecular weight is 491 g/mol. The number of carbonyl (C=O) groups excluding carboxylic acids is 1. The van der Waals surface area contributed by atoms with Gasteiger partial charge in [0.25, 0.3) is 5.91 Å². The summed E-state index contributed by atoms with van der Waals surface area (Å²) >= 11 is 0. The van der Waals surface area contributed by atoms with E-state index in [1.807, 2.05) is 24.3 Å². The fraction of sp³-hybridized carbons (Fsp3) is 0.250. The third-order valence-electron chi connectivity index (χ3n) is 7.27. The highest BCUT2D eigenvalue weighted by molar-refractivity contribution is 5.95. The maximum absolute atomic E-state index is 12.7. The minimum absolute atomic E-state index is 0.210. The van der Waals surface area contributed by atoms with E-state index in [0.29, 0.717) is 5.56 Å². The molecule has 1 aliphatic rings. The predicted molar refractivity (Wildman–Crippen MR) is 150 cm³/mol. The fourth-order valence-electron chi connectivity index (χ4n) is 5.28. The summed E-state index contributed by atoms with van der Waals surface area (Å²) < 4.78 is 2.23. The summed E-state index contributed by atoms with van der Waals surface area (Å²) in [5.74, 6) is -0.210. The van der Waals surface area contributed by atoms with E-state index in [0.717, 1.165) is 48.7 Å². The van der Waals surface area contributed by atoms with E-state index in [9.17, 15) is 4.79 Å². The van der Waals surface area contributed by atoms with Gasteiger partial charge in [0, 0.05) is 47.8 Å². The number of aryl methyl sites for hydroxylation is 3. The van der Waals surface area contributed by atoms with Crippen molar-refractivity contribution in [3.63, 3.8) is 0 Å². The molecule has 0 radical (unpaired) electrons.